The zero-order valence-electron chi connectivity index (χ0n) is 6.80. The highest BCUT2D eigenvalue weighted by Crippen LogP contribution is 2.00. The van der Waals surface area contributed by atoms with Crippen LogP contribution in [0.1, 0.15) is 33.1 Å². The van der Waals surface area contributed by atoms with Gasteiger partial charge >= 0.3 is 0 Å². The Morgan fingerprint density at radius 3 is 2.80 bits per heavy atom. The first-order valence-corrected chi connectivity index (χ1v) is 3.73. The number of nitrogens with two attached hydrogens (primary N) is 1. The maximum atomic E-state index is 5.59. The lowest BCUT2D eigenvalue weighted by atomic mass is 10.2. The minimum Gasteiger partial charge on any atom is -0.401 e. The van der Waals surface area contributed by atoms with Gasteiger partial charge in [0.25, 0.3) is 0 Å². The van der Waals surface area contributed by atoms with Gasteiger partial charge in [0, 0.05) is 18.1 Å². The topological polar surface area (TPSA) is 38.4 Å². The van der Waals surface area contributed by atoms with E-state index in [1.807, 2.05) is 6.92 Å². The fraction of sp³-hybridized carbons (Fsp3) is 0.625. The van der Waals surface area contributed by atoms with Crippen molar-refractivity contribution in [1.82, 2.24) is 0 Å². The monoisotopic (exact) mass is 140 g/mol. The number of rotatable bonds is 4. The fourth-order valence-electron chi connectivity index (χ4n) is 0.616. The highest BCUT2D eigenvalue weighted by atomic mass is 14.7. The summed E-state index contributed by atoms with van der Waals surface area (Å²) in [6.07, 6.45) is 6.76. The quantitative estimate of drug-likeness (QED) is 0.596. The van der Waals surface area contributed by atoms with E-state index in [9.17, 15) is 0 Å². The summed E-state index contributed by atoms with van der Waals surface area (Å²) >= 11 is 0. The molecular formula is C8H16N2. The van der Waals surface area contributed by atoms with E-state index < -0.39 is 0 Å². The van der Waals surface area contributed by atoms with Crippen molar-refractivity contribution < 1.29 is 0 Å². The van der Waals surface area contributed by atoms with Crippen molar-refractivity contribution in [2.75, 3.05) is 0 Å². The van der Waals surface area contributed by atoms with E-state index in [0.29, 0.717) is 0 Å². The Hall–Kier alpha value is -0.790. The second-order valence-corrected chi connectivity index (χ2v) is 2.21. The number of unbranched alkanes of at least 4 members (excludes halogenated alkanes) is 1. The SMILES string of the molecule is CC=N/C=C(/N)CCCC. The Bertz CT molecular complexity index is 125. The van der Waals surface area contributed by atoms with Gasteiger partial charge in [-0.05, 0) is 19.8 Å². The number of hydrogen-bond acceptors (Lipinski definition) is 2. The molecule has 0 rings (SSSR count). The Kier molecular flexibility index (Phi) is 5.83. The smallest absolute Gasteiger partial charge is 0.0451 e. The summed E-state index contributed by atoms with van der Waals surface area (Å²) in [7, 11) is 0. The van der Waals surface area contributed by atoms with Crippen molar-refractivity contribution >= 4 is 6.21 Å². The van der Waals surface area contributed by atoms with Gasteiger partial charge in [0.1, 0.15) is 0 Å². The number of nitrogens with zero attached hydrogens (tertiary/aromatic N) is 1. The van der Waals surface area contributed by atoms with Gasteiger partial charge in [-0.3, -0.25) is 4.99 Å². The Morgan fingerprint density at radius 1 is 1.60 bits per heavy atom. The van der Waals surface area contributed by atoms with Gasteiger partial charge in [0.2, 0.25) is 0 Å². The minimum absolute atomic E-state index is 0.875. The molecule has 0 spiro atoms. The van der Waals surface area contributed by atoms with E-state index in [1.165, 1.54) is 6.42 Å². The minimum atomic E-state index is 0.875. The van der Waals surface area contributed by atoms with Crippen LogP contribution in [0.2, 0.25) is 0 Å². The van der Waals surface area contributed by atoms with Crippen LogP contribution in [0.5, 0.6) is 0 Å². The molecule has 0 unspecified atom stereocenters. The molecule has 0 aliphatic carbocycles. The molecule has 0 aliphatic rings. The van der Waals surface area contributed by atoms with Crippen LogP contribution in [-0.2, 0) is 0 Å². The Morgan fingerprint density at radius 2 is 2.30 bits per heavy atom. The van der Waals surface area contributed by atoms with E-state index in [-0.39, 0.29) is 0 Å². The van der Waals surface area contributed by atoms with Crippen molar-refractivity contribution in [2.45, 2.75) is 33.1 Å². The third kappa shape index (κ3) is 5.35. The van der Waals surface area contributed by atoms with Gasteiger partial charge in [0.15, 0.2) is 0 Å². The molecule has 0 aliphatic heterocycles. The largest absolute Gasteiger partial charge is 0.401 e. The number of allylic oxidation sites excluding steroid dienone is 1. The summed E-state index contributed by atoms with van der Waals surface area (Å²) < 4.78 is 0. The molecule has 0 aromatic heterocycles. The van der Waals surface area contributed by atoms with Crippen molar-refractivity contribution in [2.24, 2.45) is 10.7 Å². The van der Waals surface area contributed by atoms with Gasteiger partial charge in [-0.1, -0.05) is 13.3 Å². The number of hydrogen-bond donors (Lipinski definition) is 1. The maximum absolute atomic E-state index is 5.59. The van der Waals surface area contributed by atoms with Gasteiger partial charge in [-0.2, -0.15) is 0 Å². The molecule has 0 bridgehead atoms. The predicted molar refractivity (Wildman–Crippen MR) is 46.0 cm³/mol. The van der Waals surface area contributed by atoms with Gasteiger partial charge in [-0.15, -0.1) is 0 Å². The van der Waals surface area contributed by atoms with E-state index in [1.54, 1.807) is 12.4 Å². The summed E-state index contributed by atoms with van der Waals surface area (Å²) in [5.41, 5.74) is 6.47. The molecule has 10 heavy (non-hydrogen) atoms. The molecule has 0 atom stereocenters. The highest BCUT2D eigenvalue weighted by Gasteiger charge is 1.86. The van der Waals surface area contributed by atoms with Gasteiger partial charge in [0.05, 0.1) is 0 Å². The highest BCUT2D eigenvalue weighted by molar-refractivity contribution is 5.54. The fourth-order valence-corrected chi connectivity index (χ4v) is 0.616. The lowest BCUT2D eigenvalue weighted by Crippen LogP contribution is -1.95. The molecule has 0 radical (unpaired) electrons. The predicted octanol–water partition coefficient (Wildman–Crippen LogP) is 2.07. The first-order valence-electron chi connectivity index (χ1n) is 3.73. The Labute approximate surface area is 62.8 Å². The molecule has 0 amide bonds. The van der Waals surface area contributed by atoms with Crippen LogP contribution >= 0.6 is 0 Å². The number of aliphatic imine (C=N–C) groups is 1. The maximum Gasteiger partial charge on any atom is 0.0451 e. The molecule has 2 heteroatoms. The zero-order chi connectivity index (χ0) is 7.82. The van der Waals surface area contributed by atoms with Crippen molar-refractivity contribution in [3.05, 3.63) is 11.9 Å². The molecule has 0 saturated heterocycles. The van der Waals surface area contributed by atoms with Crippen LogP contribution in [0.3, 0.4) is 0 Å². The molecule has 0 fully saturated rings. The molecule has 2 N–H and O–H groups in total. The van der Waals surface area contributed by atoms with E-state index in [4.69, 9.17) is 5.73 Å². The van der Waals surface area contributed by atoms with Crippen molar-refractivity contribution in [3.8, 4) is 0 Å². The van der Waals surface area contributed by atoms with Crippen molar-refractivity contribution in [3.63, 3.8) is 0 Å². The Balaban J connectivity index is 3.49. The van der Waals surface area contributed by atoms with E-state index in [0.717, 1.165) is 18.5 Å². The third-order valence-corrected chi connectivity index (χ3v) is 1.21. The lowest BCUT2D eigenvalue weighted by molar-refractivity contribution is 0.779. The van der Waals surface area contributed by atoms with Gasteiger partial charge in [-0.25, -0.2) is 0 Å². The van der Waals surface area contributed by atoms with Crippen LogP contribution in [0.4, 0.5) is 0 Å². The van der Waals surface area contributed by atoms with Crippen LogP contribution in [0, 0.1) is 0 Å². The van der Waals surface area contributed by atoms with Crippen LogP contribution < -0.4 is 5.73 Å². The first-order chi connectivity index (χ1) is 4.81. The summed E-state index contributed by atoms with van der Waals surface area (Å²) in [5.74, 6) is 0. The third-order valence-electron chi connectivity index (χ3n) is 1.21. The summed E-state index contributed by atoms with van der Waals surface area (Å²) in [6.45, 7) is 4.03. The molecule has 2 nitrogen and oxygen atoms in total. The van der Waals surface area contributed by atoms with Crippen LogP contribution in [0.15, 0.2) is 16.9 Å². The zero-order valence-corrected chi connectivity index (χ0v) is 6.80. The standard InChI is InChI=1S/C8H16N2/c1-3-5-6-8(9)7-10-4-2/h4,7H,3,5-6,9H2,1-2H3/b8-7+,10-4?. The van der Waals surface area contributed by atoms with E-state index >= 15 is 0 Å². The summed E-state index contributed by atoms with van der Waals surface area (Å²) in [5, 5.41) is 0. The van der Waals surface area contributed by atoms with Crippen molar-refractivity contribution in [1.29, 1.82) is 0 Å². The lowest BCUT2D eigenvalue weighted by Gasteiger charge is -1.95. The van der Waals surface area contributed by atoms with Gasteiger partial charge < -0.3 is 5.73 Å². The first kappa shape index (κ1) is 9.21. The second-order valence-electron chi connectivity index (χ2n) is 2.21. The molecule has 0 aromatic rings. The molecule has 0 saturated carbocycles. The summed E-state index contributed by atoms with van der Waals surface area (Å²) in [4.78, 5) is 3.91. The van der Waals surface area contributed by atoms with Crippen LogP contribution in [0.25, 0.3) is 0 Å². The second kappa shape index (κ2) is 6.33. The average Bonchev–Trinajstić information content (AvgIpc) is 1.97. The normalized spacial score (nSPS) is 12.8. The summed E-state index contributed by atoms with van der Waals surface area (Å²) in [6, 6.07) is 0. The molecule has 0 heterocycles. The molecular weight excluding hydrogens is 124 g/mol. The molecule has 0 aromatic carbocycles. The van der Waals surface area contributed by atoms with E-state index in [2.05, 4.69) is 11.9 Å². The average molecular weight is 140 g/mol. The molecule has 58 valence electrons. The van der Waals surface area contributed by atoms with Crippen LogP contribution in [-0.4, -0.2) is 6.21 Å².